The van der Waals surface area contributed by atoms with Crippen LogP contribution in [-0.4, -0.2) is 6.21 Å². The highest BCUT2D eigenvalue weighted by Crippen LogP contribution is 2.28. The van der Waals surface area contributed by atoms with Crippen LogP contribution in [0.5, 0.6) is 0 Å². The van der Waals surface area contributed by atoms with Crippen molar-refractivity contribution in [2.24, 2.45) is 10.4 Å². The molecule has 0 spiro atoms. The van der Waals surface area contributed by atoms with Crippen LogP contribution in [-0.2, 0) is 0 Å². The zero-order valence-corrected chi connectivity index (χ0v) is 9.09. The summed E-state index contributed by atoms with van der Waals surface area (Å²) in [6.45, 7) is 15.9. The molecule has 0 N–H and O–H groups in total. The van der Waals surface area contributed by atoms with Crippen molar-refractivity contribution in [3.05, 3.63) is 36.6 Å². The fraction of sp³-hybridized carbons (Fsp3) is 0.417. The molecule has 0 unspecified atom stereocenters. The monoisotopic (exact) mass is 177 g/mol. The highest BCUT2D eigenvalue weighted by Gasteiger charge is 2.15. The molecular formula is C12H19N. The molecule has 0 saturated carbocycles. The van der Waals surface area contributed by atoms with Crippen molar-refractivity contribution in [2.45, 2.75) is 27.7 Å². The molecule has 0 radical (unpaired) electrons. The van der Waals surface area contributed by atoms with Gasteiger partial charge in [-0.15, -0.1) is 0 Å². The lowest BCUT2D eigenvalue weighted by atomic mass is 9.84. The molecule has 0 saturated heterocycles. The largest absolute Gasteiger partial charge is 0.265 e. The van der Waals surface area contributed by atoms with E-state index < -0.39 is 0 Å². The van der Waals surface area contributed by atoms with E-state index in [9.17, 15) is 0 Å². The van der Waals surface area contributed by atoms with E-state index in [4.69, 9.17) is 0 Å². The molecule has 0 bridgehead atoms. The topological polar surface area (TPSA) is 12.4 Å². The molecule has 0 fully saturated rings. The Hall–Kier alpha value is -1.11. The normalized spacial score (nSPS) is 14.2. The van der Waals surface area contributed by atoms with E-state index in [0.29, 0.717) is 0 Å². The van der Waals surface area contributed by atoms with Gasteiger partial charge in [0.2, 0.25) is 0 Å². The van der Waals surface area contributed by atoms with E-state index in [1.165, 1.54) is 11.8 Å². The maximum absolute atomic E-state index is 3.99. The van der Waals surface area contributed by atoms with E-state index in [2.05, 4.69) is 38.9 Å². The third-order valence-corrected chi connectivity index (χ3v) is 1.81. The summed E-state index contributed by atoms with van der Waals surface area (Å²) in [5.74, 6) is 0. The average Bonchev–Trinajstić information content (AvgIpc) is 1.99. The summed E-state index contributed by atoms with van der Waals surface area (Å²) in [7, 11) is 0. The van der Waals surface area contributed by atoms with Gasteiger partial charge in [-0.1, -0.05) is 40.0 Å². The Morgan fingerprint density at radius 3 is 2.08 bits per heavy atom. The van der Waals surface area contributed by atoms with Gasteiger partial charge >= 0.3 is 0 Å². The number of rotatable bonds is 3. The molecule has 0 heterocycles. The van der Waals surface area contributed by atoms with Gasteiger partial charge in [0.1, 0.15) is 0 Å². The Labute approximate surface area is 81.6 Å². The van der Waals surface area contributed by atoms with Crippen LogP contribution in [0.25, 0.3) is 0 Å². The summed E-state index contributed by atoms with van der Waals surface area (Å²) in [6.07, 6.45) is 5.24. The maximum Gasteiger partial charge on any atom is 0.0299 e. The van der Waals surface area contributed by atoms with Gasteiger partial charge < -0.3 is 0 Å². The fourth-order valence-electron chi connectivity index (χ4n) is 1.29. The summed E-state index contributed by atoms with van der Waals surface area (Å²) < 4.78 is 0. The zero-order valence-electron chi connectivity index (χ0n) is 9.09. The van der Waals surface area contributed by atoms with Crippen LogP contribution < -0.4 is 0 Å². The minimum Gasteiger partial charge on any atom is -0.265 e. The van der Waals surface area contributed by atoms with E-state index in [0.717, 1.165) is 5.57 Å². The summed E-state index contributed by atoms with van der Waals surface area (Å²) >= 11 is 0. The Bertz CT molecular complexity index is 249. The first-order chi connectivity index (χ1) is 5.93. The molecule has 13 heavy (non-hydrogen) atoms. The molecule has 0 aromatic rings. The lowest BCUT2D eigenvalue weighted by Gasteiger charge is -2.21. The van der Waals surface area contributed by atoms with Crippen LogP contribution in [0.15, 0.2) is 41.6 Å². The van der Waals surface area contributed by atoms with Gasteiger partial charge in [0, 0.05) is 12.4 Å². The van der Waals surface area contributed by atoms with Gasteiger partial charge in [0.05, 0.1) is 0 Å². The van der Waals surface area contributed by atoms with Gasteiger partial charge in [-0.3, -0.25) is 4.99 Å². The Morgan fingerprint density at radius 1 is 1.23 bits per heavy atom. The van der Waals surface area contributed by atoms with E-state index in [-0.39, 0.29) is 5.41 Å². The number of aliphatic imine (C=N–C) groups is 1. The summed E-state index contributed by atoms with van der Waals surface area (Å²) in [4.78, 5) is 3.99. The van der Waals surface area contributed by atoms with Gasteiger partial charge in [0.15, 0.2) is 0 Å². The van der Waals surface area contributed by atoms with Gasteiger partial charge in [0.25, 0.3) is 0 Å². The third kappa shape index (κ3) is 3.88. The molecule has 0 atom stereocenters. The number of allylic oxidation sites excluding steroid dienone is 3. The number of hydrogen-bond donors (Lipinski definition) is 0. The summed E-state index contributed by atoms with van der Waals surface area (Å²) in [6, 6.07) is 0. The second-order valence-corrected chi connectivity index (χ2v) is 4.01. The molecule has 1 nitrogen and oxygen atoms in total. The first-order valence-corrected chi connectivity index (χ1v) is 4.41. The molecular weight excluding hydrogens is 158 g/mol. The van der Waals surface area contributed by atoms with Crippen molar-refractivity contribution >= 4 is 6.21 Å². The van der Waals surface area contributed by atoms with Crippen molar-refractivity contribution in [3.63, 3.8) is 0 Å². The van der Waals surface area contributed by atoms with Gasteiger partial charge in [-0.05, 0) is 23.5 Å². The van der Waals surface area contributed by atoms with E-state index >= 15 is 0 Å². The minimum absolute atomic E-state index is 0.124. The predicted molar refractivity (Wildman–Crippen MR) is 61.0 cm³/mol. The quantitative estimate of drug-likeness (QED) is 0.460. The standard InChI is InChI=1S/C12H19N/c1-7-11(12(4,5)6)10(3)9-13-8-2/h7-9H,1-2H2,3-6H3/b11-10+,13-9-. The average molecular weight is 177 g/mol. The van der Waals surface area contributed by atoms with Crippen LogP contribution in [0, 0.1) is 5.41 Å². The highest BCUT2D eigenvalue weighted by atomic mass is 14.7. The first kappa shape index (κ1) is 11.9. The summed E-state index contributed by atoms with van der Waals surface area (Å²) in [5.41, 5.74) is 2.49. The second-order valence-electron chi connectivity index (χ2n) is 4.01. The van der Waals surface area contributed by atoms with Crippen LogP contribution in [0.4, 0.5) is 0 Å². The molecule has 0 aliphatic carbocycles. The first-order valence-electron chi connectivity index (χ1n) is 4.41. The van der Waals surface area contributed by atoms with Crippen LogP contribution in [0.3, 0.4) is 0 Å². The molecule has 0 amide bonds. The van der Waals surface area contributed by atoms with Crippen molar-refractivity contribution in [2.75, 3.05) is 0 Å². The molecule has 0 aromatic heterocycles. The van der Waals surface area contributed by atoms with Crippen molar-refractivity contribution in [1.29, 1.82) is 0 Å². The molecule has 0 aliphatic rings. The minimum atomic E-state index is 0.124. The lowest BCUT2D eigenvalue weighted by molar-refractivity contribution is 0.514. The Kier molecular flexibility index (Phi) is 4.39. The highest BCUT2D eigenvalue weighted by molar-refractivity contribution is 5.80. The fourth-order valence-corrected chi connectivity index (χ4v) is 1.29. The Balaban J connectivity index is 5.01. The van der Waals surface area contributed by atoms with Gasteiger partial charge in [-0.25, -0.2) is 0 Å². The van der Waals surface area contributed by atoms with Gasteiger partial charge in [-0.2, -0.15) is 0 Å². The van der Waals surface area contributed by atoms with Crippen LogP contribution in [0.2, 0.25) is 0 Å². The van der Waals surface area contributed by atoms with Crippen molar-refractivity contribution < 1.29 is 0 Å². The van der Waals surface area contributed by atoms with Crippen LogP contribution in [0.1, 0.15) is 27.7 Å². The zero-order chi connectivity index (χ0) is 10.5. The smallest absolute Gasteiger partial charge is 0.0299 e. The molecule has 0 rings (SSSR count). The number of nitrogens with zero attached hydrogens (tertiary/aromatic N) is 1. The molecule has 72 valence electrons. The third-order valence-electron chi connectivity index (χ3n) is 1.81. The lowest BCUT2D eigenvalue weighted by Crippen LogP contribution is -2.09. The Morgan fingerprint density at radius 2 is 1.77 bits per heavy atom. The SMILES string of the molecule is C=C/N=C\C(C)=C(/C=C)C(C)(C)C. The maximum atomic E-state index is 3.99. The molecule has 0 aliphatic heterocycles. The molecule has 0 aromatic carbocycles. The van der Waals surface area contributed by atoms with Crippen molar-refractivity contribution in [3.8, 4) is 0 Å². The predicted octanol–water partition coefficient (Wildman–Crippen LogP) is 3.75. The van der Waals surface area contributed by atoms with E-state index in [1.54, 1.807) is 0 Å². The second kappa shape index (κ2) is 4.80. The summed E-state index contributed by atoms with van der Waals surface area (Å²) in [5, 5.41) is 0. The van der Waals surface area contributed by atoms with E-state index in [1.807, 2.05) is 19.2 Å². The number of hydrogen-bond acceptors (Lipinski definition) is 1. The molecule has 1 heteroatoms. The van der Waals surface area contributed by atoms with Crippen LogP contribution >= 0.6 is 0 Å². The van der Waals surface area contributed by atoms with Crippen molar-refractivity contribution in [1.82, 2.24) is 0 Å².